The number of aryl methyl sites for hydroxylation is 1. The van der Waals surface area contributed by atoms with E-state index in [-0.39, 0.29) is 18.1 Å². The predicted octanol–water partition coefficient (Wildman–Crippen LogP) is 1.90. The van der Waals surface area contributed by atoms with E-state index in [1.807, 2.05) is 0 Å². The molecule has 2 aromatic rings. The van der Waals surface area contributed by atoms with Crippen LogP contribution < -0.4 is 5.32 Å². The fourth-order valence-corrected chi connectivity index (χ4v) is 2.09. The molecule has 1 amide bonds. The van der Waals surface area contributed by atoms with Gasteiger partial charge in [0.05, 0.1) is 17.2 Å². The highest BCUT2D eigenvalue weighted by molar-refractivity contribution is 9.10. The lowest BCUT2D eigenvalue weighted by Gasteiger charge is -2.07. The third kappa shape index (κ3) is 4.35. The van der Waals surface area contributed by atoms with Crippen molar-refractivity contribution in [2.45, 2.75) is 26.4 Å². The van der Waals surface area contributed by atoms with E-state index in [9.17, 15) is 13.6 Å². The molecule has 0 fully saturated rings. The normalized spacial score (nSPS) is 11.1. The second-order valence-corrected chi connectivity index (χ2v) is 5.36. The number of hydrogen-bond donors (Lipinski definition) is 1. The highest BCUT2D eigenvalue weighted by Gasteiger charge is 2.14. The molecule has 114 valence electrons. The molecule has 2 rings (SSSR count). The van der Waals surface area contributed by atoms with Crippen LogP contribution in [0.15, 0.2) is 22.9 Å². The maximum Gasteiger partial charge on any atom is 0.282 e. The van der Waals surface area contributed by atoms with E-state index >= 15 is 0 Å². The van der Waals surface area contributed by atoms with E-state index in [1.165, 1.54) is 10.7 Å². The molecular formula is C12H14BrF2N5O. The Balaban J connectivity index is 1.81. The lowest BCUT2D eigenvalue weighted by molar-refractivity contribution is -0.121. The summed E-state index contributed by atoms with van der Waals surface area (Å²) in [7, 11) is 0. The standard InChI is InChI=1S/C12H14BrF2N5O/c1-8-4-10(12(14)15)18-20(8)7-11(21)16-2-3-19-6-9(13)5-17-19/h4-6,12H,2-3,7H2,1H3,(H,16,21). The van der Waals surface area contributed by atoms with Crippen LogP contribution in [0.5, 0.6) is 0 Å². The minimum absolute atomic E-state index is 0.0820. The number of nitrogens with zero attached hydrogens (tertiary/aromatic N) is 4. The van der Waals surface area contributed by atoms with Crippen LogP contribution in [-0.4, -0.2) is 32.0 Å². The number of alkyl halides is 2. The van der Waals surface area contributed by atoms with Gasteiger partial charge in [-0.1, -0.05) is 0 Å². The number of halogens is 3. The molecule has 21 heavy (non-hydrogen) atoms. The van der Waals surface area contributed by atoms with Gasteiger partial charge in [0.15, 0.2) is 0 Å². The van der Waals surface area contributed by atoms with E-state index in [1.54, 1.807) is 24.0 Å². The van der Waals surface area contributed by atoms with Crippen molar-refractivity contribution in [3.63, 3.8) is 0 Å². The zero-order chi connectivity index (χ0) is 15.4. The van der Waals surface area contributed by atoms with Crippen molar-refractivity contribution in [3.05, 3.63) is 34.3 Å². The topological polar surface area (TPSA) is 64.7 Å². The molecule has 6 nitrogen and oxygen atoms in total. The Hall–Kier alpha value is -1.77. The third-order valence-electron chi connectivity index (χ3n) is 2.78. The first-order valence-electron chi connectivity index (χ1n) is 6.23. The van der Waals surface area contributed by atoms with Gasteiger partial charge in [-0.2, -0.15) is 10.2 Å². The molecule has 0 unspecified atom stereocenters. The van der Waals surface area contributed by atoms with Crippen molar-refractivity contribution >= 4 is 21.8 Å². The maximum absolute atomic E-state index is 12.5. The fraction of sp³-hybridized carbons (Fsp3) is 0.417. The average molecular weight is 362 g/mol. The number of aromatic nitrogens is 4. The lowest BCUT2D eigenvalue weighted by Crippen LogP contribution is -2.31. The quantitative estimate of drug-likeness (QED) is 0.854. The van der Waals surface area contributed by atoms with Crippen LogP contribution in [0, 0.1) is 6.92 Å². The highest BCUT2D eigenvalue weighted by Crippen LogP contribution is 2.17. The van der Waals surface area contributed by atoms with E-state index < -0.39 is 6.43 Å². The van der Waals surface area contributed by atoms with Gasteiger partial charge < -0.3 is 5.32 Å². The molecule has 0 saturated heterocycles. The summed E-state index contributed by atoms with van der Waals surface area (Å²) in [6.45, 7) is 2.47. The average Bonchev–Trinajstić information content (AvgIpc) is 2.97. The third-order valence-corrected chi connectivity index (χ3v) is 3.19. The summed E-state index contributed by atoms with van der Waals surface area (Å²) < 4.78 is 28.8. The monoisotopic (exact) mass is 361 g/mol. The van der Waals surface area contributed by atoms with Gasteiger partial charge in [-0.15, -0.1) is 0 Å². The number of hydrogen-bond acceptors (Lipinski definition) is 3. The van der Waals surface area contributed by atoms with E-state index in [0.717, 1.165) is 4.47 Å². The van der Waals surface area contributed by atoms with Crippen LogP contribution in [-0.2, 0) is 17.9 Å². The zero-order valence-corrected chi connectivity index (χ0v) is 12.8. The maximum atomic E-state index is 12.5. The molecule has 0 aliphatic heterocycles. The SMILES string of the molecule is Cc1cc(C(F)F)nn1CC(=O)NCCn1cc(Br)cn1. The summed E-state index contributed by atoms with van der Waals surface area (Å²) in [6, 6.07) is 1.28. The summed E-state index contributed by atoms with van der Waals surface area (Å²) in [5, 5.41) is 10.4. The molecule has 0 atom stereocenters. The molecule has 0 bridgehead atoms. The molecule has 0 aliphatic carbocycles. The summed E-state index contributed by atoms with van der Waals surface area (Å²) in [6.07, 6.45) is 0.811. The van der Waals surface area contributed by atoms with Crippen LogP contribution in [0.3, 0.4) is 0 Å². The van der Waals surface area contributed by atoms with Gasteiger partial charge in [-0.25, -0.2) is 8.78 Å². The minimum atomic E-state index is -2.63. The Morgan fingerprint density at radius 1 is 1.52 bits per heavy atom. The summed E-state index contributed by atoms with van der Waals surface area (Å²) in [5.41, 5.74) is 0.207. The van der Waals surface area contributed by atoms with Crippen molar-refractivity contribution in [3.8, 4) is 0 Å². The molecule has 0 saturated carbocycles. The van der Waals surface area contributed by atoms with Crippen molar-refractivity contribution in [2.75, 3.05) is 6.54 Å². The van der Waals surface area contributed by atoms with Crippen molar-refractivity contribution in [2.24, 2.45) is 0 Å². The number of carbonyl (C=O) groups excluding carboxylic acids is 1. The molecule has 0 spiro atoms. The van der Waals surface area contributed by atoms with Crippen LogP contribution in [0.1, 0.15) is 17.8 Å². The molecular weight excluding hydrogens is 348 g/mol. The zero-order valence-electron chi connectivity index (χ0n) is 11.3. The second-order valence-electron chi connectivity index (χ2n) is 4.44. The number of rotatable bonds is 6. The van der Waals surface area contributed by atoms with Crippen LogP contribution >= 0.6 is 15.9 Å². The summed E-state index contributed by atoms with van der Waals surface area (Å²) >= 11 is 3.28. The van der Waals surface area contributed by atoms with Gasteiger partial charge in [0.1, 0.15) is 12.2 Å². The molecule has 0 aliphatic rings. The molecule has 0 radical (unpaired) electrons. The first kappa shape index (κ1) is 15.6. The smallest absolute Gasteiger partial charge is 0.282 e. The van der Waals surface area contributed by atoms with Crippen LogP contribution in [0.2, 0.25) is 0 Å². The Morgan fingerprint density at radius 3 is 2.86 bits per heavy atom. The first-order valence-corrected chi connectivity index (χ1v) is 7.02. The van der Waals surface area contributed by atoms with Crippen molar-refractivity contribution in [1.82, 2.24) is 24.9 Å². The second kappa shape index (κ2) is 6.79. The van der Waals surface area contributed by atoms with Gasteiger partial charge >= 0.3 is 0 Å². The Labute approximate surface area is 128 Å². The van der Waals surface area contributed by atoms with Crippen LogP contribution in [0.4, 0.5) is 8.78 Å². The lowest BCUT2D eigenvalue weighted by atomic mass is 10.4. The van der Waals surface area contributed by atoms with Gasteiger partial charge in [0, 0.05) is 18.4 Å². The molecule has 9 heteroatoms. The Kier molecular flexibility index (Phi) is 5.05. The van der Waals surface area contributed by atoms with Gasteiger partial charge in [-0.3, -0.25) is 14.2 Å². The van der Waals surface area contributed by atoms with E-state index in [2.05, 4.69) is 31.4 Å². The van der Waals surface area contributed by atoms with Gasteiger partial charge in [0.2, 0.25) is 5.91 Å². The van der Waals surface area contributed by atoms with Crippen molar-refractivity contribution < 1.29 is 13.6 Å². The Morgan fingerprint density at radius 2 is 2.29 bits per heavy atom. The molecule has 1 N–H and O–H groups in total. The highest BCUT2D eigenvalue weighted by atomic mass is 79.9. The minimum Gasteiger partial charge on any atom is -0.353 e. The number of carbonyl (C=O) groups is 1. The van der Waals surface area contributed by atoms with Crippen LogP contribution in [0.25, 0.3) is 0 Å². The first-order chi connectivity index (χ1) is 9.95. The van der Waals surface area contributed by atoms with Gasteiger partial charge in [-0.05, 0) is 28.9 Å². The largest absolute Gasteiger partial charge is 0.353 e. The van der Waals surface area contributed by atoms with E-state index in [4.69, 9.17) is 0 Å². The summed E-state index contributed by atoms with van der Waals surface area (Å²) in [5.74, 6) is -0.284. The molecule has 2 heterocycles. The fourth-order valence-electron chi connectivity index (χ4n) is 1.76. The van der Waals surface area contributed by atoms with E-state index in [0.29, 0.717) is 18.8 Å². The van der Waals surface area contributed by atoms with Gasteiger partial charge in [0.25, 0.3) is 6.43 Å². The van der Waals surface area contributed by atoms with Crippen molar-refractivity contribution in [1.29, 1.82) is 0 Å². The summed E-state index contributed by atoms with van der Waals surface area (Å²) in [4.78, 5) is 11.7. The molecule has 2 aromatic heterocycles. The number of nitrogens with one attached hydrogen (secondary N) is 1. The Bertz CT molecular complexity index is 625. The molecule has 0 aromatic carbocycles. The predicted molar refractivity (Wildman–Crippen MR) is 74.9 cm³/mol. The number of amides is 1.